The van der Waals surface area contributed by atoms with E-state index in [1.54, 1.807) is 11.0 Å². The van der Waals surface area contributed by atoms with Gasteiger partial charge in [0.2, 0.25) is 5.91 Å². The number of likely N-dealkylation sites (tertiary alicyclic amines) is 1. The van der Waals surface area contributed by atoms with Crippen LogP contribution < -0.4 is 0 Å². The molecule has 2 rings (SSSR count). The third-order valence-electron chi connectivity index (χ3n) is 4.03. The summed E-state index contributed by atoms with van der Waals surface area (Å²) in [5.41, 5.74) is -0.653. The lowest BCUT2D eigenvalue weighted by Crippen LogP contribution is -2.32. The minimum absolute atomic E-state index is 0.0289. The number of hydrogen-bond acceptors (Lipinski definition) is 1. The molecule has 0 N–H and O–H groups in total. The van der Waals surface area contributed by atoms with Gasteiger partial charge in [0, 0.05) is 19.0 Å². The first-order chi connectivity index (χ1) is 9.60. The smallest absolute Gasteiger partial charge is 0.338 e. The molecule has 5 heteroatoms. The Bertz CT molecular complexity index is 531. The van der Waals surface area contributed by atoms with Gasteiger partial charge in [0.05, 0.1) is 5.56 Å². The molecule has 21 heavy (non-hydrogen) atoms. The van der Waals surface area contributed by atoms with Crippen LogP contribution >= 0.6 is 0 Å². The number of benzene rings is 1. The number of halogens is 3. The zero-order chi connectivity index (χ0) is 15.8. The third kappa shape index (κ3) is 3.39. The zero-order valence-corrected chi connectivity index (χ0v) is 12.5. The van der Waals surface area contributed by atoms with Gasteiger partial charge < -0.3 is 4.90 Å². The lowest BCUT2D eigenvalue weighted by molar-refractivity contribution is -0.140. The fourth-order valence-corrected chi connectivity index (χ4v) is 2.84. The monoisotopic (exact) mass is 299 g/mol. The van der Waals surface area contributed by atoms with E-state index >= 15 is 0 Å². The molecule has 1 aliphatic rings. The Kier molecular flexibility index (Phi) is 4.04. The third-order valence-corrected chi connectivity index (χ3v) is 4.03. The van der Waals surface area contributed by atoms with Crippen molar-refractivity contribution in [1.82, 2.24) is 4.90 Å². The number of carbonyl (C=O) groups is 1. The molecule has 1 amide bonds. The fourth-order valence-electron chi connectivity index (χ4n) is 2.84. The first-order valence-electron chi connectivity index (χ1n) is 7.04. The van der Waals surface area contributed by atoms with Crippen molar-refractivity contribution in [2.24, 2.45) is 11.3 Å². The Morgan fingerprint density at radius 2 is 1.81 bits per heavy atom. The summed E-state index contributed by atoms with van der Waals surface area (Å²) >= 11 is 0. The number of nitrogens with zero attached hydrogens (tertiary/aromatic N) is 1. The quantitative estimate of drug-likeness (QED) is 0.805. The van der Waals surface area contributed by atoms with Crippen LogP contribution in [0.2, 0.25) is 0 Å². The summed E-state index contributed by atoms with van der Waals surface area (Å²) in [4.78, 5) is 13.9. The van der Waals surface area contributed by atoms with Crippen LogP contribution in [0.3, 0.4) is 0 Å². The van der Waals surface area contributed by atoms with E-state index in [1.165, 1.54) is 12.1 Å². The summed E-state index contributed by atoms with van der Waals surface area (Å²) in [7, 11) is 0. The highest BCUT2D eigenvalue weighted by atomic mass is 19.4. The maximum Gasteiger partial charge on any atom is 0.416 e. The SMILES string of the molecule is CC(C)(C)C1CCN(Cc2ccccc2C(F)(F)F)C1=O. The molecule has 1 aromatic rings. The number of hydrogen-bond donors (Lipinski definition) is 0. The Balaban J connectivity index is 2.20. The minimum Gasteiger partial charge on any atom is -0.338 e. The van der Waals surface area contributed by atoms with Crippen molar-refractivity contribution in [3.8, 4) is 0 Å². The van der Waals surface area contributed by atoms with Gasteiger partial charge in [-0.25, -0.2) is 0 Å². The van der Waals surface area contributed by atoms with Gasteiger partial charge in [-0.15, -0.1) is 0 Å². The van der Waals surface area contributed by atoms with E-state index in [-0.39, 0.29) is 29.3 Å². The normalized spacial score (nSPS) is 20.2. The van der Waals surface area contributed by atoms with Crippen LogP contribution in [-0.4, -0.2) is 17.4 Å². The van der Waals surface area contributed by atoms with Crippen LogP contribution in [-0.2, 0) is 17.5 Å². The minimum atomic E-state index is -4.39. The molecule has 0 saturated carbocycles. The van der Waals surface area contributed by atoms with Gasteiger partial charge in [0.25, 0.3) is 0 Å². The maximum absolute atomic E-state index is 13.0. The van der Waals surface area contributed by atoms with Crippen molar-refractivity contribution >= 4 is 5.91 Å². The number of amides is 1. The highest BCUT2D eigenvalue weighted by Crippen LogP contribution is 2.37. The molecule has 116 valence electrons. The van der Waals surface area contributed by atoms with Crippen molar-refractivity contribution in [2.45, 2.75) is 39.9 Å². The first-order valence-corrected chi connectivity index (χ1v) is 7.04. The van der Waals surface area contributed by atoms with Crippen molar-refractivity contribution in [1.29, 1.82) is 0 Å². The van der Waals surface area contributed by atoms with Gasteiger partial charge in [-0.05, 0) is 23.5 Å². The summed E-state index contributed by atoms with van der Waals surface area (Å²) in [6.45, 7) is 6.52. The molecule has 0 spiro atoms. The Hall–Kier alpha value is -1.52. The van der Waals surface area contributed by atoms with Gasteiger partial charge in [-0.2, -0.15) is 13.2 Å². The second-order valence-electron chi connectivity index (χ2n) is 6.62. The molecule has 1 heterocycles. The topological polar surface area (TPSA) is 20.3 Å². The van der Waals surface area contributed by atoms with E-state index in [0.717, 1.165) is 6.07 Å². The Labute approximate surface area is 122 Å². The molecule has 1 aromatic carbocycles. The van der Waals surface area contributed by atoms with Crippen LogP contribution in [0.1, 0.15) is 38.3 Å². The van der Waals surface area contributed by atoms with E-state index in [9.17, 15) is 18.0 Å². The lowest BCUT2D eigenvalue weighted by Gasteiger charge is -2.26. The molecule has 1 unspecified atom stereocenters. The molecule has 2 nitrogen and oxygen atoms in total. The van der Waals surface area contributed by atoms with E-state index in [0.29, 0.717) is 13.0 Å². The van der Waals surface area contributed by atoms with E-state index in [2.05, 4.69) is 0 Å². The molecule has 1 fully saturated rings. The van der Waals surface area contributed by atoms with Crippen LogP contribution in [0, 0.1) is 11.3 Å². The number of rotatable bonds is 2. The summed E-state index contributed by atoms with van der Waals surface area (Å²) in [5, 5.41) is 0. The van der Waals surface area contributed by atoms with Gasteiger partial charge in [-0.3, -0.25) is 4.79 Å². The van der Waals surface area contributed by atoms with Crippen molar-refractivity contribution in [3.63, 3.8) is 0 Å². The highest BCUT2D eigenvalue weighted by Gasteiger charge is 2.40. The van der Waals surface area contributed by atoms with E-state index < -0.39 is 11.7 Å². The molecule has 0 aromatic heterocycles. The second-order valence-corrected chi connectivity index (χ2v) is 6.62. The lowest BCUT2D eigenvalue weighted by atomic mass is 9.80. The van der Waals surface area contributed by atoms with E-state index in [1.807, 2.05) is 20.8 Å². The van der Waals surface area contributed by atoms with Crippen LogP contribution in [0.4, 0.5) is 13.2 Å². The summed E-state index contributed by atoms with van der Waals surface area (Å²) in [5.74, 6) is -0.157. The molecule has 1 saturated heterocycles. The molecule has 1 aliphatic heterocycles. The van der Waals surface area contributed by atoms with Crippen LogP contribution in [0.15, 0.2) is 24.3 Å². The van der Waals surface area contributed by atoms with Gasteiger partial charge in [-0.1, -0.05) is 39.0 Å². The average molecular weight is 299 g/mol. The molecule has 1 atom stereocenters. The molecule has 0 bridgehead atoms. The van der Waals surface area contributed by atoms with Crippen molar-refractivity contribution < 1.29 is 18.0 Å². The first kappa shape index (κ1) is 15.9. The molecule has 0 aliphatic carbocycles. The second kappa shape index (κ2) is 5.35. The summed E-state index contributed by atoms with van der Waals surface area (Å²) in [6.07, 6.45) is -3.68. The average Bonchev–Trinajstić information content (AvgIpc) is 2.70. The van der Waals surface area contributed by atoms with Gasteiger partial charge in [0.1, 0.15) is 0 Å². The van der Waals surface area contributed by atoms with Gasteiger partial charge >= 0.3 is 6.18 Å². The van der Waals surface area contributed by atoms with Gasteiger partial charge in [0.15, 0.2) is 0 Å². The van der Waals surface area contributed by atoms with Crippen LogP contribution in [0.5, 0.6) is 0 Å². The van der Waals surface area contributed by atoms with E-state index in [4.69, 9.17) is 0 Å². The van der Waals surface area contributed by atoms with Crippen molar-refractivity contribution in [3.05, 3.63) is 35.4 Å². The van der Waals surface area contributed by atoms with Crippen molar-refractivity contribution in [2.75, 3.05) is 6.54 Å². The Morgan fingerprint density at radius 3 is 2.33 bits per heavy atom. The largest absolute Gasteiger partial charge is 0.416 e. The molecular weight excluding hydrogens is 279 g/mol. The van der Waals surface area contributed by atoms with Crippen LogP contribution in [0.25, 0.3) is 0 Å². The maximum atomic E-state index is 13.0. The summed E-state index contributed by atoms with van der Waals surface area (Å²) in [6, 6.07) is 5.46. The molecule has 0 radical (unpaired) electrons. The predicted molar refractivity (Wildman–Crippen MR) is 74.4 cm³/mol. The number of alkyl halides is 3. The molecular formula is C16H20F3NO. The predicted octanol–water partition coefficient (Wildman–Crippen LogP) is 4.10. The highest BCUT2D eigenvalue weighted by molar-refractivity contribution is 5.81. The number of carbonyl (C=O) groups excluding carboxylic acids is 1. The standard InChI is InChI=1S/C16H20F3NO/c1-15(2,3)13-8-9-20(14(13)21)10-11-6-4-5-7-12(11)16(17,18)19/h4-7,13H,8-10H2,1-3H3. The fraction of sp³-hybridized carbons (Fsp3) is 0.562. The zero-order valence-electron chi connectivity index (χ0n) is 12.5. The summed E-state index contributed by atoms with van der Waals surface area (Å²) < 4.78 is 38.9. The Morgan fingerprint density at radius 1 is 1.19 bits per heavy atom.